The minimum atomic E-state index is 1.13. The van der Waals surface area contributed by atoms with Crippen molar-refractivity contribution in [3.8, 4) is 11.1 Å². The summed E-state index contributed by atoms with van der Waals surface area (Å²) < 4.78 is 0. The molecule has 0 N–H and O–H groups in total. The molecule has 0 aliphatic heterocycles. The molecule has 0 amide bonds. The van der Waals surface area contributed by atoms with E-state index in [4.69, 9.17) is 0 Å². The smallest absolute Gasteiger partial charge is 0.0346 e. The number of aromatic nitrogens is 2. The van der Waals surface area contributed by atoms with Gasteiger partial charge in [0, 0.05) is 35.7 Å². The Bertz CT molecular complexity index is 618. The number of fused-ring (bicyclic) bond motifs is 1. The number of benzene rings is 1. The first kappa shape index (κ1) is 9.04. The van der Waals surface area contributed by atoms with Crippen molar-refractivity contribution >= 4 is 10.8 Å². The maximum absolute atomic E-state index is 4.13. The molecule has 0 radical (unpaired) electrons. The summed E-state index contributed by atoms with van der Waals surface area (Å²) in [4.78, 5) is 8.26. The van der Waals surface area contributed by atoms with Crippen LogP contribution in [-0.4, -0.2) is 9.97 Å². The van der Waals surface area contributed by atoms with E-state index in [0.717, 1.165) is 10.9 Å². The fourth-order valence-corrected chi connectivity index (χ4v) is 1.80. The molecular formula is C14H10N2. The van der Waals surface area contributed by atoms with Gasteiger partial charge >= 0.3 is 0 Å². The van der Waals surface area contributed by atoms with Crippen LogP contribution in [0.2, 0.25) is 0 Å². The van der Waals surface area contributed by atoms with Gasteiger partial charge in [0.25, 0.3) is 0 Å². The number of nitrogens with zero attached hydrogens (tertiary/aromatic N) is 2. The highest BCUT2D eigenvalue weighted by Crippen LogP contribution is 2.22. The van der Waals surface area contributed by atoms with Crippen molar-refractivity contribution in [2.75, 3.05) is 0 Å². The van der Waals surface area contributed by atoms with E-state index in [1.165, 1.54) is 10.9 Å². The zero-order chi connectivity index (χ0) is 10.8. The second kappa shape index (κ2) is 3.74. The second-order valence-electron chi connectivity index (χ2n) is 3.68. The minimum absolute atomic E-state index is 1.13. The van der Waals surface area contributed by atoms with Crippen molar-refractivity contribution in [3.63, 3.8) is 0 Å². The van der Waals surface area contributed by atoms with Gasteiger partial charge < -0.3 is 0 Å². The molecule has 76 valence electrons. The molecule has 0 unspecified atom stereocenters. The molecule has 0 saturated carbocycles. The van der Waals surface area contributed by atoms with Gasteiger partial charge in [0.15, 0.2) is 0 Å². The van der Waals surface area contributed by atoms with Crippen LogP contribution in [0.5, 0.6) is 0 Å². The Hall–Kier alpha value is -2.22. The molecule has 0 spiro atoms. The predicted octanol–water partition coefficient (Wildman–Crippen LogP) is 3.30. The maximum Gasteiger partial charge on any atom is 0.0346 e. The Morgan fingerprint density at radius 2 is 1.62 bits per heavy atom. The standard InChI is InChI=1S/C14H10N2/c1-2-13(9-15-6-1)12-4-3-11-5-7-16-10-14(11)8-12/h1-10H. The van der Waals surface area contributed by atoms with Crippen molar-refractivity contribution in [2.24, 2.45) is 0 Å². The van der Waals surface area contributed by atoms with Crippen LogP contribution in [0.15, 0.2) is 61.2 Å². The van der Waals surface area contributed by atoms with E-state index in [1.54, 1.807) is 6.20 Å². The molecule has 3 rings (SSSR count). The topological polar surface area (TPSA) is 25.8 Å². The molecular weight excluding hydrogens is 196 g/mol. The van der Waals surface area contributed by atoms with Crippen LogP contribution in [0, 0.1) is 0 Å². The first-order chi connectivity index (χ1) is 7.93. The summed E-state index contributed by atoms with van der Waals surface area (Å²) in [6.45, 7) is 0. The average Bonchev–Trinajstić information content (AvgIpc) is 2.39. The van der Waals surface area contributed by atoms with Gasteiger partial charge in [-0.15, -0.1) is 0 Å². The fourth-order valence-electron chi connectivity index (χ4n) is 1.80. The SMILES string of the molecule is c1cncc(-c2ccc3ccncc3c2)c1. The van der Waals surface area contributed by atoms with Gasteiger partial charge in [-0.2, -0.15) is 0 Å². The molecule has 2 nitrogen and oxygen atoms in total. The van der Waals surface area contributed by atoms with Gasteiger partial charge in [-0.3, -0.25) is 9.97 Å². The highest BCUT2D eigenvalue weighted by molar-refractivity contribution is 5.86. The zero-order valence-corrected chi connectivity index (χ0v) is 8.67. The summed E-state index contributed by atoms with van der Waals surface area (Å²) in [5.41, 5.74) is 2.31. The lowest BCUT2D eigenvalue weighted by Crippen LogP contribution is -1.80. The number of rotatable bonds is 1. The van der Waals surface area contributed by atoms with Crippen LogP contribution in [-0.2, 0) is 0 Å². The molecule has 0 aliphatic rings. The predicted molar refractivity (Wildman–Crippen MR) is 65.0 cm³/mol. The molecule has 1 aromatic carbocycles. The Kier molecular flexibility index (Phi) is 2.11. The third-order valence-corrected chi connectivity index (χ3v) is 2.64. The Balaban J connectivity index is 2.19. The van der Waals surface area contributed by atoms with E-state index in [0.29, 0.717) is 0 Å². The van der Waals surface area contributed by atoms with Gasteiger partial charge in [-0.1, -0.05) is 18.2 Å². The van der Waals surface area contributed by atoms with Crippen LogP contribution < -0.4 is 0 Å². The molecule has 3 aromatic rings. The Labute approximate surface area is 93.6 Å². The summed E-state index contributed by atoms with van der Waals surface area (Å²) in [6, 6.07) is 12.4. The Morgan fingerprint density at radius 1 is 0.688 bits per heavy atom. The molecule has 16 heavy (non-hydrogen) atoms. The van der Waals surface area contributed by atoms with Crippen molar-refractivity contribution < 1.29 is 0 Å². The number of hydrogen-bond donors (Lipinski definition) is 0. The van der Waals surface area contributed by atoms with E-state index >= 15 is 0 Å². The zero-order valence-electron chi connectivity index (χ0n) is 8.67. The van der Waals surface area contributed by atoms with Crippen LogP contribution in [0.25, 0.3) is 21.9 Å². The van der Waals surface area contributed by atoms with Crippen LogP contribution >= 0.6 is 0 Å². The normalized spacial score (nSPS) is 10.5. The summed E-state index contributed by atoms with van der Waals surface area (Å²) in [5, 5.41) is 2.37. The molecule has 0 saturated heterocycles. The number of pyridine rings is 2. The van der Waals surface area contributed by atoms with Crippen molar-refractivity contribution in [3.05, 3.63) is 61.2 Å². The quantitative estimate of drug-likeness (QED) is 0.610. The monoisotopic (exact) mass is 206 g/mol. The van der Waals surface area contributed by atoms with Gasteiger partial charge in [0.05, 0.1) is 0 Å². The Morgan fingerprint density at radius 3 is 2.50 bits per heavy atom. The average molecular weight is 206 g/mol. The first-order valence-corrected chi connectivity index (χ1v) is 5.18. The molecule has 0 atom stereocenters. The summed E-state index contributed by atoms with van der Waals surface area (Å²) in [7, 11) is 0. The molecule has 0 aliphatic carbocycles. The molecule has 2 aromatic heterocycles. The molecule has 2 heteroatoms. The fraction of sp³-hybridized carbons (Fsp3) is 0. The van der Waals surface area contributed by atoms with Gasteiger partial charge in [0.1, 0.15) is 0 Å². The van der Waals surface area contributed by atoms with E-state index in [9.17, 15) is 0 Å². The lowest BCUT2D eigenvalue weighted by Gasteiger charge is -2.02. The van der Waals surface area contributed by atoms with Gasteiger partial charge in [-0.25, -0.2) is 0 Å². The van der Waals surface area contributed by atoms with Crippen LogP contribution in [0.4, 0.5) is 0 Å². The van der Waals surface area contributed by atoms with Crippen LogP contribution in [0.1, 0.15) is 0 Å². The van der Waals surface area contributed by atoms with Crippen molar-refractivity contribution in [2.45, 2.75) is 0 Å². The van der Waals surface area contributed by atoms with Crippen molar-refractivity contribution in [1.29, 1.82) is 0 Å². The second-order valence-corrected chi connectivity index (χ2v) is 3.68. The largest absolute Gasteiger partial charge is 0.264 e. The van der Waals surface area contributed by atoms with E-state index in [1.807, 2.05) is 30.7 Å². The van der Waals surface area contributed by atoms with Crippen LogP contribution in [0.3, 0.4) is 0 Å². The minimum Gasteiger partial charge on any atom is -0.264 e. The van der Waals surface area contributed by atoms with E-state index in [2.05, 4.69) is 34.2 Å². The van der Waals surface area contributed by atoms with Gasteiger partial charge in [0.2, 0.25) is 0 Å². The summed E-state index contributed by atoms with van der Waals surface area (Å²) in [5.74, 6) is 0. The van der Waals surface area contributed by atoms with Gasteiger partial charge in [-0.05, 0) is 29.1 Å². The van der Waals surface area contributed by atoms with E-state index in [-0.39, 0.29) is 0 Å². The highest BCUT2D eigenvalue weighted by atomic mass is 14.6. The third-order valence-electron chi connectivity index (χ3n) is 2.64. The lowest BCUT2D eigenvalue weighted by atomic mass is 10.0. The third kappa shape index (κ3) is 1.54. The lowest BCUT2D eigenvalue weighted by molar-refractivity contribution is 1.33. The molecule has 2 heterocycles. The molecule has 0 fully saturated rings. The maximum atomic E-state index is 4.13. The van der Waals surface area contributed by atoms with Crippen molar-refractivity contribution in [1.82, 2.24) is 9.97 Å². The molecule has 0 bridgehead atoms. The van der Waals surface area contributed by atoms with E-state index < -0.39 is 0 Å². The number of hydrogen-bond acceptors (Lipinski definition) is 2. The highest BCUT2D eigenvalue weighted by Gasteiger charge is 1.98. The summed E-state index contributed by atoms with van der Waals surface area (Å²) >= 11 is 0. The first-order valence-electron chi connectivity index (χ1n) is 5.18. The summed E-state index contributed by atoms with van der Waals surface area (Å²) in [6.07, 6.45) is 7.35.